The molecule has 0 aliphatic heterocycles. The molecule has 4 nitrogen and oxygen atoms in total. The van der Waals surface area contributed by atoms with Crippen molar-refractivity contribution < 1.29 is 9.18 Å². The van der Waals surface area contributed by atoms with E-state index in [1.54, 1.807) is 24.3 Å². The van der Waals surface area contributed by atoms with E-state index in [0.717, 1.165) is 10.9 Å². The molecule has 106 valence electrons. The van der Waals surface area contributed by atoms with Gasteiger partial charge in [0, 0.05) is 16.6 Å². The largest absolute Gasteiger partial charge is 0.399 e. The van der Waals surface area contributed by atoms with E-state index >= 15 is 0 Å². The van der Waals surface area contributed by atoms with Crippen molar-refractivity contribution >= 4 is 39.8 Å². The van der Waals surface area contributed by atoms with E-state index in [2.05, 4.69) is 10.3 Å². The lowest BCUT2D eigenvalue weighted by Gasteiger charge is -2.05. The van der Waals surface area contributed by atoms with Crippen LogP contribution in [0, 0.1) is 5.82 Å². The minimum atomic E-state index is -0.473. The van der Waals surface area contributed by atoms with E-state index in [1.165, 1.54) is 18.2 Å². The average Bonchev–Trinajstić information content (AvgIpc) is 2.86. The Labute approximate surface area is 124 Å². The molecule has 1 heterocycles. The van der Waals surface area contributed by atoms with Crippen molar-refractivity contribution in [3.8, 4) is 0 Å². The van der Waals surface area contributed by atoms with E-state index in [9.17, 15) is 9.18 Å². The van der Waals surface area contributed by atoms with E-state index in [4.69, 9.17) is 17.3 Å². The summed E-state index contributed by atoms with van der Waals surface area (Å²) in [5.41, 5.74) is 7.67. The molecular formula is C15H11ClFN3O. The Kier molecular flexibility index (Phi) is 3.27. The Morgan fingerprint density at radius 3 is 2.81 bits per heavy atom. The number of nitrogens with one attached hydrogen (secondary N) is 2. The normalized spacial score (nSPS) is 10.8. The quantitative estimate of drug-likeness (QED) is 0.630. The van der Waals surface area contributed by atoms with Crippen LogP contribution in [0.1, 0.15) is 10.5 Å². The summed E-state index contributed by atoms with van der Waals surface area (Å²) in [5, 5.41) is 3.66. The number of hydrogen-bond donors (Lipinski definition) is 3. The number of amides is 1. The van der Waals surface area contributed by atoms with Gasteiger partial charge in [-0.1, -0.05) is 11.6 Å². The summed E-state index contributed by atoms with van der Waals surface area (Å²) in [6.07, 6.45) is 0. The molecule has 3 aromatic rings. The maximum atomic E-state index is 13.2. The summed E-state index contributed by atoms with van der Waals surface area (Å²) in [6, 6.07) is 10.7. The lowest BCUT2D eigenvalue weighted by Crippen LogP contribution is -2.12. The van der Waals surface area contributed by atoms with Gasteiger partial charge in [-0.05, 0) is 42.5 Å². The zero-order chi connectivity index (χ0) is 15.0. The molecule has 0 saturated carbocycles. The fourth-order valence-electron chi connectivity index (χ4n) is 2.06. The number of hydrogen-bond acceptors (Lipinski definition) is 2. The van der Waals surface area contributed by atoms with Crippen molar-refractivity contribution in [3.63, 3.8) is 0 Å². The highest BCUT2D eigenvalue weighted by Crippen LogP contribution is 2.24. The Balaban J connectivity index is 1.91. The van der Waals surface area contributed by atoms with Gasteiger partial charge in [-0.2, -0.15) is 0 Å². The third kappa shape index (κ3) is 2.68. The van der Waals surface area contributed by atoms with Gasteiger partial charge < -0.3 is 16.0 Å². The summed E-state index contributed by atoms with van der Waals surface area (Å²) in [6.45, 7) is 0. The van der Waals surface area contributed by atoms with Crippen LogP contribution in [0.25, 0.3) is 10.9 Å². The number of rotatable bonds is 2. The van der Waals surface area contributed by atoms with Crippen molar-refractivity contribution in [2.24, 2.45) is 0 Å². The van der Waals surface area contributed by atoms with Crippen LogP contribution in [0.5, 0.6) is 0 Å². The highest BCUT2D eigenvalue weighted by atomic mass is 35.5. The predicted octanol–water partition coefficient (Wildman–Crippen LogP) is 3.79. The topological polar surface area (TPSA) is 70.9 Å². The van der Waals surface area contributed by atoms with Gasteiger partial charge in [0.05, 0.1) is 10.7 Å². The molecule has 1 aromatic heterocycles. The standard InChI is InChI=1S/C15H11ClFN3O/c16-11-3-1-9(17)7-13(11)20-15(21)14-6-8-5-10(18)2-4-12(8)19-14/h1-7,19H,18H2,(H,20,21). The summed E-state index contributed by atoms with van der Waals surface area (Å²) < 4.78 is 13.2. The molecule has 0 bridgehead atoms. The molecule has 3 rings (SSSR count). The SMILES string of the molecule is Nc1ccc2[nH]c(C(=O)Nc3cc(F)ccc3Cl)cc2c1. The summed E-state index contributed by atoms with van der Waals surface area (Å²) >= 11 is 5.92. The molecule has 0 saturated heterocycles. The summed E-state index contributed by atoms with van der Waals surface area (Å²) in [5.74, 6) is -0.878. The Morgan fingerprint density at radius 1 is 1.19 bits per heavy atom. The van der Waals surface area contributed by atoms with Crippen molar-refractivity contribution in [1.82, 2.24) is 4.98 Å². The zero-order valence-electron chi connectivity index (χ0n) is 10.8. The molecule has 0 atom stereocenters. The molecule has 1 amide bonds. The van der Waals surface area contributed by atoms with E-state index in [0.29, 0.717) is 11.4 Å². The van der Waals surface area contributed by atoms with Gasteiger partial charge in [0.2, 0.25) is 0 Å². The number of halogens is 2. The van der Waals surface area contributed by atoms with Crippen LogP contribution in [0.2, 0.25) is 5.02 Å². The van der Waals surface area contributed by atoms with Crippen LogP contribution in [0.3, 0.4) is 0 Å². The number of H-pyrrole nitrogens is 1. The van der Waals surface area contributed by atoms with Crippen molar-refractivity contribution in [2.75, 3.05) is 11.1 Å². The number of aromatic amines is 1. The Morgan fingerprint density at radius 2 is 2.00 bits per heavy atom. The third-order valence-electron chi connectivity index (χ3n) is 3.07. The number of nitrogen functional groups attached to an aromatic ring is 1. The molecule has 21 heavy (non-hydrogen) atoms. The first-order chi connectivity index (χ1) is 10.0. The predicted molar refractivity (Wildman–Crippen MR) is 82.1 cm³/mol. The zero-order valence-corrected chi connectivity index (χ0v) is 11.5. The molecule has 0 aliphatic rings. The van der Waals surface area contributed by atoms with Crippen molar-refractivity contribution in [3.05, 3.63) is 59.0 Å². The first kappa shape index (κ1) is 13.5. The minimum Gasteiger partial charge on any atom is -0.399 e. The van der Waals surface area contributed by atoms with Gasteiger partial charge in [0.15, 0.2) is 0 Å². The molecule has 2 aromatic carbocycles. The van der Waals surface area contributed by atoms with Gasteiger partial charge in [-0.25, -0.2) is 4.39 Å². The lowest BCUT2D eigenvalue weighted by atomic mass is 10.2. The molecule has 0 unspecified atom stereocenters. The van der Waals surface area contributed by atoms with Crippen LogP contribution >= 0.6 is 11.6 Å². The number of benzene rings is 2. The summed E-state index contributed by atoms with van der Waals surface area (Å²) in [4.78, 5) is 15.1. The van der Waals surface area contributed by atoms with Crippen LogP contribution in [0.4, 0.5) is 15.8 Å². The van der Waals surface area contributed by atoms with Crippen LogP contribution in [-0.2, 0) is 0 Å². The highest BCUT2D eigenvalue weighted by Gasteiger charge is 2.12. The van der Waals surface area contributed by atoms with Crippen molar-refractivity contribution in [2.45, 2.75) is 0 Å². The number of aromatic nitrogens is 1. The smallest absolute Gasteiger partial charge is 0.272 e. The van der Waals surface area contributed by atoms with Crippen molar-refractivity contribution in [1.29, 1.82) is 0 Å². The maximum Gasteiger partial charge on any atom is 0.272 e. The second-order valence-corrected chi connectivity index (χ2v) is 5.02. The highest BCUT2D eigenvalue weighted by molar-refractivity contribution is 6.33. The van der Waals surface area contributed by atoms with E-state index < -0.39 is 11.7 Å². The van der Waals surface area contributed by atoms with E-state index in [-0.39, 0.29) is 10.7 Å². The summed E-state index contributed by atoms with van der Waals surface area (Å²) in [7, 11) is 0. The van der Waals surface area contributed by atoms with Gasteiger partial charge >= 0.3 is 0 Å². The van der Waals surface area contributed by atoms with Gasteiger partial charge in [-0.3, -0.25) is 4.79 Å². The average molecular weight is 304 g/mol. The first-order valence-corrected chi connectivity index (χ1v) is 6.55. The molecule has 0 spiro atoms. The lowest BCUT2D eigenvalue weighted by molar-refractivity contribution is 0.102. The molecular weight excluding hydrogens is 293 g/mol. The fraction of sp³-hybridized carbons (Fsp3) is 0. The second kappa shape index (κ2) is 5.10. The second-order valence-electron chi connectivity index (χ2n) is 4.61. The van der Waals surface area contributed by atoms with Gasteiger partial charge in [-0.15, -0.1) is 0 Å². The monoisotopic (exact) mass is 303 g/mol. The van der Waals surface area contributed by atoms with Gasteiger partial charge in [0.1, 0.15) is 11.5 Å². The number of anilines is 2. The number of carbonyl (C=O) groups is 1. The number of fused-ring (bicyclic) bond motifs is 1. The fourth-order valence-corrected chi connectivity index (χ4v) is 2.22. The molecule has 0 radical (unpaired) electrons. The van der Waals surface area contributed by atoms with E-state index in [1.807, 2.05) is 0 Å². The molecule has 0 aliphatic carbocycles. The number of carbonyl (C=O) groups excluding carboxylic acids is 1. The van der Waals surface area contributed by atoms with Crippen LogP contribution in [-0.4, -0.2) is 10.9 Å². The molecule has 6 heteroatoms. The minimum absolute atomic E-state index is 0.222. The maximum absolute atomic E-state index is 13.2. The molecule has 4 N–H and O–H groups in total. The first-order valence-electron chi connectivity index (χ1n) is 6.17. The molecule has 0 fully saturated rings. The Hall–Kier alpha value is -2.53. The Bertz CT molecular complexity index is 844. The van der Waals surface area contributed by atoms with Gasteiger partial charge in [0.25, 0.3) is 5.91 Å². The number of nitrogens with two attached hydrogens (primary N) is 1. The van der Waals surface area contributed by atoms with Crippen LogP contribution in [0.15, 0.2) is 42.5 Å². The van der Waals surface area contributed by atoms with Crippen LogP contribution < -0.4 is 11.1 Å². The third-order valence-corrected chi connectivity index (χ3v) is 3.40.